The SMILES string of the molecule is CN(C)C(=O)c1ccc(Cn2c(C(=O)O)cc3c(C4CC4)cc(Sc4ccc(Cl)c(Cl)c4)cc32)cc1. The number of fused-ring (bicyclic) bond motifs is 1. The van der Waals surface area contributed by atoms with Gasteiger partial charge in [0.05, 0.1) is 15.6 Å². The summed E-state index contributed by atoms with van der Waals surface area (Å²) in [6.07, 6.45) is 2.20. The number of halogens is 2. The van der Waals surface area contributed by atoms with Crippen molar-refractivity contribution in [1.82, 2.24) is 9.47 Å². The Morgan fingerprint density at radius 2 is 1.69 bits per heavy atom. The molecule has 3 aromatic carbocycles. The summed E-state index contributed by atoms with van der Waals surface area (Å²) in [6.45, 7) is 0.382. The standard InChI is InChI=1S/C28H24Cl2N2O3S/c1-31(2)27(33)18-5-3-16(4-6-18)15-32-25-13-20(36-19-9-10-23(29)24(30)12-19)11-21(17-7-8-17)22(25)14-26(32)28(34)35/h3-6,9-14,17H,7-8,15H2,1-2H3,(H,34,35). The van der Waals surface area contributed by atoms with Crippen LogP contribution < -0.4 is 0 Å². The molecule has 0 aliphatic heterocycles. The predicted octanol–water partition coefficient (Wildman–Crippen LogP) is 7.43. The van der Waals surface area contributed by atoms with Gasteiger partial charge in [0.15, 0.2) is 0 Å². The number of amides is 1. The molecule has 8 heteroatoms. The third-order valence-electron chi connectivity index (χ3n) is 6.34. The van der Waals surface area contributed by atoms with E-state index in [1.54, 1.807) is 50.1 Å². The molecule has 1 aliphatic rings. The molecule has 36 heavy (non-hydrogen) atoms. The number of hydrogen-bond donors (Lipinski definition) is 1. The van der Waals surface area contributed by atoms with Crippen LogP contribution in [-0.2, 0) is 6.54 Å². The molecule has 1 N–H and O–H groups in total. The van der Waals surface area contributed by atoms with Crippen molar-refractivity contribution in [3.63, 3.8) is 0 Å². The van der Waals surface area contributed by atoms with Crippen LogP contribution in [0.2, 0.25) is 10.0 Å². The third kappa shape index (κ3) is 4.99. The quantitative estimate of drug-likeness (QED) is 0.265. The lowest BCUT2D eigenvalue weighted by atomic mass is 10.1. The maximum atomic E-state index is 12.3. The highest BCUT2D eigenvalue weighted by Gasteiger charge is 2.28. The molecule has 0 unspecified atom stereocenters. The zero-order chi connectivity index (χ0) is 25.6. The largest absolute Gasteiger partial charge is 0.477 e. The Kier molecular flexibility index (Phi) is 6.77. The van der Waals surface area contributed by atoms with Crippen LogP contribution in [0.15, 0.2) is 70.5 Å². The summed E-state index contributed by atoms with van der Waals surface area (Å²) in [4.78, 5) is 28.0. The van der Waals surface area contributed by atoms with Crippen LogP contribution in [0.1, 0.15) is 50.7 Å². The monoisotopic (exact) mass is 538 g/mol. The number of carbonyl (C=O) groups is 2. The van der Waals surface area contributed by atoms with Gasteiger partial charge >= 0.3 is 5.97 Å². The molecule has 1 amide bonds. The van der Waals surface area contributed by atoms with Crippen LogP contribution in [-0.4, -0.2) is 40.5 Å². The fraction of sp³-hybridized carbons (Fsp3) is 0.214. The Morgan fingerprint density at radius 3 is 2.31 bits per heavy atom. The first-order valence-corrected chi connectivity index (χ1v) is 13.1. The van der Waals surface area contributed by atoms with Gasteiger partial charge in [-0.05, 0) is 78.4 Å². The van der Waals surface area contributed by atoms with E-state index in [0.29, 0.717) is 28.1 Å². The van der Waals surface area contributed by atoms with Crippen LogP contribution >= 0.6 is 35.0 Å². The molecular formula is C28H24Cl2N2O3S. The molecule has 5 nitrogen and oxygen atoms in total. The summed E-state index contributed by atoms with van der Waals surface area (Å²) >= 11 is 13.9. The molecule has 1 aliphatic carbocycles. The third-order valence-corrected chi connectivity index (χ3v) is 8.04. The van der Waals surface area contributed by atoms with Crippen molar-refractivity contribution in [2.75, 3.05) is 14.1 Å². The number of carboxylic acids is 1. The van der Waals surface area contributed by atoms with Crippen molar-refractivity contribution in [3.8, 4) is 0 Å². The van der Waals surface area contributed by atoms with E-state index in [2.05, 4.69) is 6.07 Å². The van der Waals surface area contributed by atoms with Gasteiger partial charge in [-0.25, -0.2) is 4.79 Å². The predicted molar refractivity (Wildman–Crippen MR) is 145 cm³/mol. The van der Waals surface area contributed by atoms with Crippen molar-refractivity contribution in [1.29, 1.82) is 0 Å². The summed E-state index contributed by atoms with van der Waals surface area (Å²) in [5.74, 6) is -0.598. The molecule has 0 spiro atoms. The second-order valence-electron chi connectivity index (χ2n) is 9.21. The zero-order valence-electron chi connectivity index (χ0n) is 19.8. The molecule has 4 aromatic rings. The molecule has 5 rings (SSSR count). The van der Waals surface area contributed by atoms with Crippen LogP contribution in [0.5, 0.6) is 0 Å². The van der Waals surface area contributed by atoms with Crippen LogP contribution in [0.3, 0.4) is 0 Å². The number of carbonyl (C=O) groups excluding carboxylic acids is 1. The van der Waals surface area contributed by atoms with Gasteiger partial charge in [-0.3, -0.25) is 4.79 Å². The highest BCUT2D eigenvalue weighted by molar-refractivity contribution is 7.99. The van der Waals surface area contributed by atoms with E-state index in [4.69, 9.17) is 23.2 Å². The number of aromatic nitrogens is 1. The van der Waals surface area contributed by atoms with E-state index in [1.165, 1.54) is 10.5 Å². The Bertz CT molecular complexity index is 1490. The maximum absolute atomic E-state index is 12.3. The lowest BCUT2D eigenvalue weighted by Crippen LogP contribution is -2.21. The second kappa shape index (κ2) is 9.85. The first-order chi connectivity index (χ1) is 17.2. The van der Waals surface area contributed by atoms with Crippen molar-refractivity contribution >= 4 is 57.7 Å². The molecule has 0 atom stereocenters. The Balaban J connectivity index is 1.57. The molecule has 1 heterocycles. The van der Waals surface area contributed by atoms with Gasteiger partial charge in [-0.2, -0.15) is 0 Å². The number of rotatable bonds is 7. The van der Waals surface area contributed by atoms with E-state index in [-0.39, 0.29) is 11.6 Å². The van der Waals surface area contributed by atoms with E-state index in [0.717, 1.165) is 39.1 Å². The average molecular weight is 539 g/mol. The number of aromatic carboxylic acids is 1. The normalized spacial score (nSPS) is 13.2. The fourth-order valence-corrected chi connectivity index (χ4v) is 5.67. The molecule has 0 radical (unpaired) electrons. The van der Waals surface area contributed by atoms with Crippen LogP contribution in [0, 0.1) is 0 Å². The number of nitrogens with zero attached hydrogens (tertiary/aromatic N) is 2. The minimum absolute atomic E-state index is 0.0720. The molecule has 1 saturated carbocycles. The summed E-state index contributed by atoms with van der Waals surface area (Å²) < 4.78 is 1.85. The smallest absolute Gasteiger partial charge is 0.352 e. The number of hydrogen-bond acceptors (Lipinski definition) is 3. The summed E-state index contributed by atoms with van der Waals surface area (Å²) in [5.41, 5.74) is 3.82. The summed E-state index contributed by atoms with van der Waals surface area (Å²) in [6, 6.07) is 18.9. The molecular weight excluding hydrogens is 515 g/mol. The first kappa shape index (κ1) is 24.8. The van der Waals surface area contributed by atoms with Crippen molar-refractivity contribution < 1.29 is 14.7 Å². The zero-order valence-corrected chi connectivity index (χ0v) is 22.1. The number of carboxylic acid groups (broad SMARTS) is 1. The highest BCUT2D eigenvalue weighted by atomic mass is 35.5. The van der Waals surface area contributed by atoms with E-state index >= 15 is 0 Å². The van der Waals surface area contributed by atoms with Gasteiger partial charge in [0.1, 0.15) is 5.69 Å². The van der Waals surface area contributed by atoms with Gasteiger partial charge < -0.3 is 14.6 Å². The van der Waals surface area contributed by atoms with E-state index in [9.17, 15) is 14.7 Å². The van der Waals surface area contributed by atoms with Gasteiger partial charge in [0.2, 0.25) is 0 Å². The lowest BCUT2D eigenvalue weighted by Gasteiger charge is -2.13. The van der Waals surface area contributed by atoms with Crippen molar-refractivity contribution in [3.05, 3.63) is 93.1 Å². The summed E-state index contributed by atoms with van der Waals surface area (Å²) in [5, 5.41) is 12.0. The van der Waals surface area contributed by atoms with Crippen molar-refractivity contribution in [2.24, 2.45) is 0 Å². The average Bonchev–Trinajstić information content (AvgIpc) is 3.63. The van der Waals surface area contributed by atoms with Gasteiger partial charge in [0.25, 0.3) is 5.91 Å². The minimum atomic E-state index is -0.967. The fourth-order valence-electron chi connectivity index (χ4n) is 4.37. The topological polar surface area (TPSA) is 62.5 Å². The van der Waals surface area contributed by atoms with E-state index in [1.807, 2.05) is 34.9 Å². The lowest BCUT2D eigenvalue weighted by molar-refractivity contribution is 0.0685. The Morgan fingerprint density at radius 1 is 0.972 bits per heavy atom. The van der Waals surface area contributed by atoms with Gasteiger partial charge in [0, 0.05) is 41.4 Å². The Labute approximate surface area is 223 Å². The first-order valence-electron chi connectivity index (χ1n) is 11.5. The summed E-state index contributed by atoms with van der Waals surface area (Å²) in [7, 11) is 3.43. The minimum Gasteiger partial charge on any atom is -0.477 e. The maximum Gasteiger partial charge on any atom is 0.352 e. The molecule has 0 bridgehead atoms. The Hall–Kier alpha value is -2.93. The second-order valence-corrected chi connectivity index (χ2v) is 11.2. The number of benzene rings is 3. The highest BCUT2D eigenvalue weighted by Crippen LogP contribution is 2.46. The van der Waals surface area contributed by atoms with Crippen LogP contribution in [0.25, 0.3) is 10.9 Å². The van der Waals surface area contributed by atoms with E-state index < -0.39 is 5.97 Å². The van der Waals surface area contributed by atoms with Gasteiger partial charge in [-0.1, -0.05) is 47.1 Å². The van der Waals surface area contributed by atoms with Gasteiger partial charge in [-0.15, -0.1) is 0 Å². The van der Waals surface area contributed by atoms with Crippen LogP contribution in [0.4, 0.5) is 0 Å². The molecule has 184 valence electrons. The van der Waals surface area contributed by atoms with Crippen molar-refractivity contribution in [2.45, 2.75) is 35.1 Å². The molecule has 1 aromatic heterocycles. The molecule has 1 fully saturated rings. The molecule has 0 saturated heterocycles.